The minimum Gasteiger partial charge on any atom is -0.391 e. The van der Waals surface area contributed by atoms with Gasteiger partial charge in [-0.05, 0) is 18.6 Å². The van der Waals surface area contributed by atoms with Crippen LogP contribution in [0, 0.1) is 0 Å². The van der Waals surface area contributed by atoms with Crippen molar-refractivity contribution >= 4 is 17.8 Å². The van der Waals surface area contributed by atoms with E-state index in [4.69, 9.17) is 0 Å². The standard InChI is InChI=1S/C11H14N2O2/c14-8-12-10-3-1-2-4-11(10)13-6-5-9(15)7-13/h1-4,8-9,15H,5-7H2,(H,12,14). The van der Waals surface area contributed by atoms with Gasteiger partial charge in [-0.25, -0.2) is 0 Å². The number of benzene rings is 1. The van der Waals surface area contributed by atoms with Crippen LogP contribution in [-0.2, 0) is 4.79 Å². The van der Waals surface area contributed by atoms with Gasteiger partial charge < -0.3 is 15.3 Å². The molecule has 1 aliphatic rings. The maximum atomic E-state index is 10.4. The van der Waals surface area contributed by atoms with Gasteiger partial charge in [0.25, 0.3) is 0 Å². The molecular weight excluding hydrogens is 192 g/mol. The Morgan fingerprint density at radius 2 is 2.27 bits per heavy atom. The second-order valence-electron chi connectivity index (χ2n) is 3.67. The number of carbonyl (C=O) groups excluding carboxylic acids is 1. The first-order valence-corrected chi connectivity index (χ1v) is 5.03. The molecule has 1 fully saturated rings. The molecule has 0 spiro atoms. The van der Waals surface area contributed by atoms with Crippen molar-refractivity contribution < 1.29 is 9.90 Å². The predicted molar refractivity (Wildman–Crippen MR) is 59.0 cm³/mol. The molecule has 0 bridgehead atoms. The van der Waals surface area contributed by atoms with Crippen LogP contribution in [0.3, 0.4) is 0 Å². The van der Waals surface area contributed by atoms with E-state index in [2.05, 4.69) is 10.2 Å². The summed E-state index contributed by atoms with van der Waals surface area (Å²) in [7, 11) is 0. The molecule has 0 saturated carbocycles. The summed E-state index contributed by atoms with van der Waals surface area (Å²) in [6, 6.07) is 7.61. The SMILES string of the molecule is O=CNc1ccccc1N1CCC(O)C1. The molecule has 0 aliphatic carbocycles. The lowest BCUT2D eigenvalue weighted by molar-refractivity contribution is -0.105. The molecule has 1 saturated heterocycles. The molecule has 4 nitrogen and oxygen atoms in total. The number of para-hydroxylation sites is 2. The molecule has 2 N–H and O–H groups in total. The van der Waals surface area contributed by atoms with E-state index in [1.165, 1.54) is 0 Å². The monoisotopic (exact) mass is 206 g/mol. The number of hydrogen-bond acceptors (Lipinski definition) is 3. The number of carbonyl (C=O) groups is 1. The summed E-state index contributed by atoms with van der Waals surface area (Å²) >= 11 is 0. The third kappa shape index (κ3) is 2.10. The number of aliphatic hydroxyl groups is 1. The van der Waals surface area contributed by atoms with Crippen LogP contribution < -0.4 is 10.2 Å². The average molecular weight is 206 g/mol. The van der Waals surface area contributed by atoms with E-state index >= 15 is 0 Å². The highest BCUT2D eigenvalue weighted by Gasteiger charge is 2.21. The van der Waals surface area contributed by atoms with E-state index in [-0.39, 0.29) is 6.10 Å². The van der Waals surface area contributed by atoms with Crippen molar-refractivity contribution in [2.75, 3.05) is 23.3 Å². The molecule has 1 aromatic carbocycles. The fourth-order valence-electron chi connectivity index (χ4n) is 1.90. The van der Waals surface area contributed by atoms with Crippen molar-refractivity contribution in [1.82, 2.24) is 0 Å². The predicted octanol–water partition coefficient (Wildman–Crippen LogP) is 0.826. The van der Waals surface area contributed by atoms with E-state index in [0.717, 1.165) is 24.3 Å². The van der Waals surface area contributed by atoms with Crippen molar-refractivity contribution in [3.63, 3.8) is 0 Å². The van der Waals surface area contributed by atoms with Crippen LogP contribution in [0.4, 0.5) is 11.4 Å². The van der Waals surface area contributed by atoms with Crippen LogP contribution in [0.2, 0.25) is 0 Å². The number of nitrogens with one attached hydrogen (secondary N) is 1. The van der Waals surface area contributed by atoms with Gasteiger partial charge in [-0.3, -0.25) is 4.79 Å². The van der Waals surface area contributed by atoms with Crippen LogP contribution in [0.1, 0.15) is 6.42 Å². The van der Waals surface area contributed by atoms with Crippen LogP contribution in [0.5, 0.6) is 0 Å². The Morgan fingerprint density at radius 3 is 2.93 bits per heavy atom. The van der Waals surface area contributed by atoms with Crippen molar-refractivity contribution in [2.24, 2.45) is 0 Å². The van der Waals surface area contributed by atoms with Crippen molar-refractivity contribution in [2.45, 2.75) is 12.5 Å². The lowest BCUT2D eigenvalue weighted by Gasteiger charge is -2.20. The molecule has 1 unspecified atom stereocenters. The van der Waals surface area contributed by atoms with E-state index in [1.54, 1.807) is 0 Å². The lowest BCUT2D eigenvalue weighted by atomic mass is 10.2. The summed E-state index contributed by atoms with van der Waals surface area (Å²) in [5.41, 5.74) is 1.77. The largest absolute Gasteiger partial charge is 0.391 e. The zero-order chi connectivity index (χ0) is 10.7. The Hall–Kier alpha value is -1.55. The first-order chi connectivity index (χ1) is 7.31. The lowest BCUT2D eigenvalue weighted by Crippen LogP contribution is -2.22. The molecule has 1 heterocycles. The minimum atomic E-state index is -0.255. The van der Waals surface area contributed by atoms with Crippen LogP contribution in [0.15, 0.2) is 24.3 Å². The number of aliphatic hydroxyl groups excluding tert-OH is 1. The van der Waals surface area contributed by atoms with Gasteiger partial charge >= 0.3 is 0 Å². The molecule has 15 heavy (non-hydrogen) atoms. The van der Waals surface area contributed by atoms with Gasteiger partial charge in [0.2, 0.25) is 6.41 Å². The smallest absolute Gasteiger partial charge is 0.211 e. The summed E-state index contributed by atoms with van der Waals surface area (Å²) < 4.78 is 0. The Morgan fingerprint density at radius 1 is 1.47 bits per heavy atom. The van der Waals surface area contributed by atoms with E-state index < -0.39 is 0 Å². The van der Waals surface area contributed by atoms with Gasteiger partial charge in [0.05, 0.1) is 17.5 Å². The van der Waals surface area contributed by atoms with E-state index in [1.807, 2.05) is 24.3 Å². The van der Waals surface area contributed by atoms with Crippen LogP contribution in [0.25, 0.3) is 0 Å². The normalized spacial score (nSPS) is 20.3. The summed E-state index contributed by atoms with van der Waals surface area (Å²) in [4.78, 5) is 12.5. The quantitative estimate of drug-likeness (QED) is 0.720. The summed E-state index contributed by atoms with van der Waals surface area (Å²) in [6.07, 6.45) is 1.20. The van der Waals surface area contributed by atoms with Crippen LogP contribution >= 0.6 is 0 Å². The molecule has 1 atom stereocenters. The molecule has 4 heteroatoms. The van der Waals surface area contributed by atoms with Gasteiger partial charge in [0.1, 0.15) is 0 Å². The highest BCUT2D eigenvalue weighted by molar-refractivity contribution is 5.81. The van der Waals surface area contributed by atoms with E-state index in [0.29, 0.717) is 13.0 Å². The molecule has 0 aromatic heterocycles. The maximum absolute atomic E-state index is 10.4. The van der Waals surface area contributed by atoms with Gasteiger partial charge in [-0.1, -0.05) is 12.1 Å². The molecule has 2 rings (SSSR count). The highest BCUT2D eigenvalue weighted by atomic mass is 16.3. The molecular formula is C11H14N2O2. The molecule has 1 aromatic rings. The second-order valence-corrected chi connectivity index (χ2v) is 3.67. The van der Waals surface area contributed by atoms with Crippen molar-refractivity contribution in [3.05, 3.63) is 24.3 Å². The highest BCUT2D eigenvalue weighted by Crippen LogP contribution is 2.28. The number of anilines is 2. The van der Waals surface area contributed by atoms with Gasteiger partial charge in [0.15, 0.2) is 0 Å². The number of rotatable bonds is 3. The number of nitrogens with zero attached hydrogens (tertiary/aromatic N) is 1. The summed E-state index contributed by atoms with van der Waals surface area (Å²) in [5, 5.41) is 12.1. The third-order valence-electron chi connectivity index (χ3n) is 2.62. The number of hydrogen-bond donors (Lipinski definition) is 2. The van der Waals surface area contributed by atoms with Gasteiger partial charge in [-0.15, -0.1) is 0 Å². The third-order valence-corrected chi connectivity index (χ3v) is 2.62. The zero-order valence-corrected chi connectivity index (χ0v) is 8.39. The first kappa shape index (κ1) is 9.98. The fourth-order valence-corrected chi connectivity index (χ4v) is 1.90. The second kappa shape index (κ2) is 4.31. The number of amides is 1. The summed E-state index contributed by atoms with van der Waals surface area (Å²) in [6.45, 7) is 1.47. The summed E-state index contributed by atoms with van der Waals surface area (Å²) in [5.74, 6) is 0. The Balaban J connectivity index is 2.22. The van der Waals surface area contributed by atoms with Gasteiger partial charge in [-0.2, -0.15) is 0 Å². The Labute approximate surface area is 88.5 Å². The Bertz CT molecular complexity index is 354. The molecule has 1 amide bonds. The minimum absolute atomic E-state index is 0.255. The molecule has 1 aliphatic heterocycles. The van der Waals surface area contributed by atoms with Crippen molar-refractivity contribution in [3.8, 4) is 0 Å². The molecule has 0 radical (unpaired) electrons. The fraction of sp³-hybridized carbons (Fsp3) is 0.364. The van der Waals surface area contributed by atoms with Gasteiger partial charge in [0, 0.05) is 13.1 Å². The van der Waals surface area contributed by atoms with E-state index in [9.17, 15) is 9.90 Å². The first-order valence-electron chi connectivity index (χ1n) is 5.03. The topological polar surface area (TPSA) is 52.6 Å². The maximum Gasteiger partial charge on any atom is 0.211 e. The molecule has 80 valence electrons. The van der Waals surface area contributed by atoms with Crippen molar-refractivity contribution in [1.29, 1.82) is 0 Å². The van der Waals surface area contributed by atoms with Crippen LogP contribution in [-0.4, -0.2) is 30.7 Å². The average Bonchev–Trinajstić information content (AvgIpc) is 2.66. The zero-order valence-electron chi connectivity index (χ0n) is 8.39. The number of β-amino-alcohol motifs (C(OH)–C–C–N with tert-alkyl or cyclic N) is 1. The Kier molecular flexibility index (Phi) is 2.87.